The van der Waals surface area contributed by atoms with E-state index in [9.17, 15) is 5.11 Å². The third-order valence-corrected chi connectivity index (χ3v) is 13.0. The molecule has 0 fully saturated rings. The van der Waals surface area contributed by atoms with Gasteiger partial charge >= 0.3 is 191 Å². The van der Waals surface area contributed by atoms with Gasteiger partial charge in [-0.2, -0.15) is 0 Å². The van der Waals surface area contributed by atoms with Gasteiger partial charge in [0.15, 0.2) is 0 Å². The first kappa shape index (κ1) is 30.4. The molecular weight excluding hydrogens is 387 g/mol. The van der Waals surface area contributed by atoms with Crippen LogP contribution in [0.1, 0.15) is 136 Å². The van der Waals surface area contributed by atoms with Crippen molar-refractivity contribution >= 4 is 7.26 Å². The molecule has 0 rings (SSSR count). The third kappa shape index (κ3) is 15.2. The molecule has 0 heterocycles. The fourth-order valence-corrected chi connectivity index (χ4v) is 10.6. The Morgan fingerprint density at radius 3 is 1.10 bits per heavy atom. The van der Waals surface area contributed by atoms with Gasteiger partial charge in [-0.25, -0.2) is 0 Å². The second-order valence-electron chi connectivity index (χ2n) is 9.81. The molecule has 0 saturated heterocycles. The second-order valence-corrected chi connectivity index (χ2v) is 14.7. The van der Waals surface area contributed by atoms with Crippen LogP contribution in [0.5, 0.6) is 0 Å². The molecule has 0 aliphatic carbocycles. The normalized spacial score (nSPS) is 13.6. The molecular formula is C27H58O2P. The zero-order valence-corrected chi connectivity index (χ0v) is 22.5. The Labute approximate surface area is 191 Å². The number of hydrogen-bond donors (Lipinski definition) is 0. The van der Waals surface area contributed by atoms with Crippen molar-refractivity contribution in [2.75, 3.05) is 32.2 Å². The first-order valence-electron chi connectivity index (χ1n) is 13.8. The number of ether oxygens (including phenoxy) is 1. The maximum atomic E-state index is 12.1. The molecule has 0 aromatic heterocycles. The number of unbranched alkanes of at least 4 members (excludes halogenated alkanes) is 15. The van der Waals surface area contributed by atoms with Crippen LogP contribution in [0.4, 0.5) is 0 Å². The van der Waals surface area contributed by atoms with Crippen LogP contribution in [-0.2, 0) is 9.84 Å². The molecule has 0 N–H and O–H groups in total. The van der Waals surface area contributed by atoms with Crippen LogP contribution in [-0.4, -0.2) is 38.0 Å². The molecule has 1 unspecified atom stereocenters. The molecule has 0 aromatic rings. The summed E-state index contributed by atoms with van der Waals surface area (Å²) in [6.07, 6.45) is 28.4. The number of rotatable bonds is 24. The van der Waals surface area contributed by atoms with Crippen LogP contribution in [0, 0.1) is 0 Å². The molecule has 183 valence electrons. The van der Waals surface area contributed by atoms with Gasteiger partial charge in [-0.05, 0) is 0 Å². The van der Waals surface area contributed by atoms with Gasteiger partial charge in [-0.1, -0.05) is 0 Å². The standard InChI is InChI=1S/C27H58O2P/c1-5-8-11-14-17-20-23-30(27(26-28)29-4,24-21-18-15-12-9-6-2)25-22-19-16-13-10-7-3/h27,30H,5-26H2,1-4H3. The van der Waals surface area contributed by atoms with Crippen LogP contribution in [0.15, 0.2) is 0 Å². The summed E-state index contributed by atoms with van der Waals surface area (Å²) in [7, 11) is 0.148. The summed E-state index contributed by atoms with van der Waals surface area (Å²) in [4.78, 5) is 0. The molecule has 30 heavy (non-hydrogen) atoms. The zero-order chi connectivity index (χ0) is 22.3. The first-order valence-corrected chi connectivity index (χ1v) is 16.5. The predicted molar refractivity (Wildman–Crippen MR) is 139 cm³/mol. The molecule has 0 saturated carbocycles. The Bertz CT molecular complexity index is 290. The predicted octanol–water partition coefficient (Wildman–Crippen LogP) is 9.22. The third-order valence-electron chi connectivity index (χ3n) is 7.20. The summed E-state index contributed by atoms with van der Waals surface area (Å²) < 4.78 is 5.90. The van der Waals surface area contributed by atoms with E-state index < -0.39 is 7.26 Å². The van der Waals surface area contributed by atoms with E-state index >= 15 is 0 Å². The first-order chi connectivity index (χ1) is 14.7. The summed E-state index contributed by atoms with van der Waals surface area (Å²) in [5.74, 6) is 0.0411. The van der Waals surface area contributed by atoms with Crippen molar-refractivity contribution in [1.29, 1.82) is 0 Å². The van der Waals surface area contributed by atoms with Crippen molar-refractivity contribution in [2.45, 2.75) is 142 Å². The van der Waals surface area contributed by atoms with Gasteiger partial charge in [0.05, 0.1) is 0 Å². The van der Waals surface area contributed by atoms with Gasteiger partial charge in [0, 0.05) is 0 Å². The molecule has 0 aliphatic heterocycles. The van der Waals surface area contributed by atoms with Gasteiger partial charge < -0.3 is 0 Å². The zero-order valence-electron chi connectivity index (χ0n) is 21.5. The van der Waals surface area contributed by atoms with E-state index in [1.807, 2.05) is 7.11 Å². The van der Waals surface area contributed by atoms with Crippen LogP contribution in [0.3, 0.4) is 0 Å². The van der Waals surface area contributed by atoms with E-state index in [-0.39, 0.29) is 12.5 Å². The number of hydrogen-bond acceptors (Lipinski definition) is 1. The van der Waals surface area contributed by atoms with Crippen molar-refractivity contribution in [3.8, 4) is 0 Å². The van der Waals surface area contributed by atoms with Crippen molar-refractivity contribution < 1.29 is 9.84 Å². The quantitative estimate of drug-likeness (QED) is 0.107. The monoisotopic (exact) mass is 445 g/mol. The van der Waals surface area contributed by atoms with Gasteiger partial charge in [-0.3, -0.25) is 0 Å². The molecule has 0 bridgehead atoms. The van der Waals surface area contributed by atoms with Crippen LogP contribution in [0.25, 0.3) is 0 Å². The van der Waals surface area contributed by atoms with Gasteiger partial charge in [0.2, 0.25) is 0 Å². The second kappa shape index (κ2) is 22.5. The van der Waals surface area contributed by atoms with E-state index in [0.717, 1.165) is 0 Å². The minimum atomic E-state index is -1.67. The van der Waals surface area contributed by atoms with E-state index in [2.05, 4.69) is 20.8 Å². The fourth-order valence-electron chi connectivity index (χ4n) is 5.12. The van der Waals surface area contributed by atoms with E-state index in [4.69, 9.17) is 4.74 Å². The summed E-state index contributed by atoms with van der Waals surface area (Å²) in [6.45, 7) is 6.85. The van der Waals surface area contributed by atoms with Crippen molar-refractivity contribution in [3.63, 3.8) is 0 Å². The molecule has 3 heteroatoms. The Balaban J connectivity index is 4.79. The molecule has 0 amide bonds. The van der Waals surface area contributed by atoms with E-state index in [1.54, 1.807) is 0 Å². The average Bonchev–Trinajstić information content (AvgIpc) is 2.76. The summed E-state index contributed by atoms with van der Waals surface area (Å²) >= 11 is 0. The molecule has 0 spiro atoms. The SMILES string of the molecule is CCCCCCCC[PH](CCCCCCCC)(CCCCCCCC)C(C[O])OC. The Morgan fingerprint density at radius 2 is 0.833 bits per heavy atom. The Kier molecular flexibility index (Phi) is 22.8. The molecule has 0 aromatic carbocycles. The molecule has 0 aliphatic rings. The number of methoxy groups -OCH3 is 1. The average molecular weight is 446 g/mol. The van der Waals surface area contributed by atoms with Crippen molar-refractivity contribution in [1.82, 2.24) is 0 Å². The van der Waals surface area contributed by atoms with Gasteiger partial charge in [0.25, 0.3) is 0 Å². The van der Waals surface area contributed by atoms with Crippen molar-refractivity contribution in [2.24, 2.45) is 0 Å². The summed E-state index contributed by atoms with van der Waals surface area (Å²) in [5, 5.41) is 12.1. The van der Waals surface area contributed by atoms with Crippen LogP contribution in [0.2, 0.25) is 0 Å². The maximum absolute atomic E-state index is 12.1. The summed E-state index contributed by atoms with van der Waals surface area (Å²) in [6, 6.07) is 0. The van der Waals surface area contributed by atoms with Gasteiger partial charge in [0.1, 0.15) is 0 Å². The molecule has 2 nitrogen and oxygen atoms in total. The fraction of sp³-hybridized carbons (Fsp3) is 1.00. The van der Waals surface area contributed by atoms with Crippen molar-refractivity contribution in [3.05, 3.63) is 0 Å². The van der Waals surface area contributed by atoms with E-state index in [0.29, 0.717) is 0 Å². The molecule has 1 atom stereocenters. The van der Waals surface area contributed by atoms with Crippen LogP contribution >= 0.6 is 7.26 Å². The minimum absolute atomic E-state index is 0.00970. The Hall–Kier alpha value is 0.350. The van der Waals surface area contributed by atoms with Gasteiger partial charge in [-0.15, -0.1) is 0 Å². The summed E-state index contributed by atoms with van der Waals surface area (Å²) in [5.41, 5.74) is 0. The Morgan fingerprint density at radius 1 is 0.533 bits per heavy atom. The van der Waals surface area contributed by atoms with E-state index in [1.165, 1.54) is 134 Å². The van der Waals surface area contributed by atoms with Crippen LogP contribution < -0.4 is 0 Å². The molecule has 1 radical (unpaired) electrons. The topological polar surface area (TPSA) is 29.1 Å².